The third-order valence-corrected chi connectivity index (χ3v) is 8.63. The highest BCUT2D eigenvalue weighted by Crippen LogP contribution is 2.47. The summed E-state index contributed by atoms with van der Waals surface area (Å²) in [6, 6.07) is 17.0. The van der Waals surface area contributed by atoms with E-state index in [-0.39, 0.29) is 41.5 Å². The first-order chi connectivity index (χ1) is 15.9. The molecule has 0 aromatic heterocycles. The Morgan fingerprint density at radius 3 is 2.64 bits per heavy atom. The van der Waals surface area contributed by atoms with E-state index < -0.39 is 16.8 Å². The van der Waals surface area contributed by atoms with Gasteiger partial charge in [0.25, 0.3) is 0 Å². The predicted molar refractivity (Wildman–Crippen MR) is 122 cm³/mol. The molecule has 2 aromatic carbocycles. The van der Waals surface area contributed by atoms with Crippen LogP contribution in [0.1, 0.15) is 16.7 Å². The number of thioether (sulfide) groups is 2. The minimum absolute atomic E-state index is 0.0422. The highest BCUT2D eigenvalue weighted by Gasteiger charge is 2.58. The Morgan fingerprint density at radius 2 is 1.97 bits per heavy atom. The number of carboxylic acids is 1. The molecule has 0 spiro atoms. The summed E-state index contributed by atoms with van der Waals surface area (Å²) in [5.74, 6) is -1.48. The molecule has 2 saturated heterocycles. The molecule has 2 amide bonds. The lowest BCUT2D eigenvalue weighted by atomic mass is 10.0. The number of hydrogen-bond donors (Lipinski definition) is 2. The van der Waals surface area contributed by atoms with Crippen LogP contribution in [0.4, 0.5) is 0 Å². The normalized spacial score (nSPS) is 23.5. The second kappa shape index (κ2) is 9.18. The molecule has 10 heteroatoms. The van der Waals surface area contributed by atoms with E-state index in [2.05, 4.69) is 5.32 Å². The van der Waals surface area contributed by atoms with E-state index in [1.165, 1.54) is 28.8 Å². The molecule has 1 unspecified atom stereocenters. The standard InChI is InChI=1S/C23H18N4O4S2/c24-10-15-6-7-17(16(8-15)11-25)33-23(22(30)31)12-27-20(29)19(21(27)32-13-23)26-18(28)9-14-4-2-1-3-5-14/h1-8,19,21H,9,12-13H2,(H,26,28)(H,30,31)/t19-,21-,23?/m1/s1. The first-order valence-corrected chi connectivity index (χ1v) is 11.9. The number of rotatable bonds is 6. The Labute approximate surface area is 198 Å². The van der Waals surface area contributed by atoms with Crippen LogP contribution in [0.15, 0.2) is 53.4 Å². The monoisotopic (exact) mass is 478 g/mol. The van der Waals surface area contributed by atoms with Gasteiger partial charge < -0.3 is 15.3 Å². The lowest BCUT2D eigenvalue weighted by Gasteiger charge is -2.53. The Kier molecular flexibility index (Phi) is 6.32. The Hall–Kier alpha value is -3.47. The van der Waals surface area contributed by atoms with Crippen LogP contribution in [0.5, 0.6) is 0 Å². The van der Waals surface area contributed by atoms with Gasteiger partial charge in [-0.1, -0.05) is 30.3 Å². The first-order valence-electron chi connectivity index (χ1n) is 9.99. The van der Waals surface area contributed by atoms with Crippen molar-refractivity contribution >= 4 is 41.3 Å². The van der Waals surface area contributed by atoms with Crippen molar-refractivity contribution in [3.8, 4) is 12.1 Å². The summed E-state index contributed by atoms with van der Waals surface area (Å²) in [7, 11) is 0. The van der Waals surface area contributed by atoms with Crippen molar-refractivity contribution in [2.75, 3.05) is 12.3 Å². The van der Waals surface area contributed by atoms with Gasteiger partial charge in [0, 0.05) is 17.2 Å². The molecular formula is C23H18N4O4S2. The number of fused-ring (bicyclic) bond motifs is 1. The molecule has 2 fully saturated rings. The largest absolute Gasteiger partial charge is 0.480 e. The summed E-state index contributed by atoms with van der Waals surface area (Å²) in [5, 5.41) is 30.9. The van der Waals surface area contributed by atoms with E-state index in [0.717, 1.165) is 17.3 Å². The van der Waals surface area contributed by atoms with E-state index in [0.29, 0.717) is 10.5 Å². The fourth-order valence-electron chi connectivity index (χ4n) is 3.78. The maximum Gasteiger partial charge on any atom is 0.322 e. The molecule has 166 valence electrons. The number of carboxylic acid groups (broad SMARTS) is 1. The number of nitriles is 2. The van der Waals surface area contributed by atoms with Crippen molar-refractivity contribution in [1.29, 1.82) is 10.5 Å². The number of β-lactam (4-membered cyclic amide) rings is 1. The number of carbonyl (C=O) groups is 3. The zero-order valence-electron chi connectivity index (χ0n) is 17.2. The lowest BCUT2D eigenvalue weighted by molar-refractivity contribution is -0.152. The summed E-state index contributed by atoms with van der Waals surface area (Å²) in [6.45, 7) is -0.0422. The summed E-state index contributed by atoms with van der Waals surface area (Å²) < 4.78 is -1.35. The summed E-state index contributed by atoms with van der Waals surface area (Å²) in [6.07, 6.45) is 0.159. The molecule has 0 radical (unpaired) electrons. The minimum Gasteiger partial charge on any atom is -0.480 e. The van der Waals surface area contributed by atoms with Gasteiger partial charge in [0.05, 0.1) is 23.6 Å². The smallest absolute Gasteiger partial charge is 0.322 e. The maximum absolute atomic E-state index is 12.8. The number of hydrogen-bond acceptors (Lipinski definition) is 7. The van der Waals surface area contributed by atoms with E-state index in [9.17, 15) is 24.8 Å². The van der Waals surface area contributed by atoms with Gasteiger partial charge in [-0.05, 0) is 23.8 Å². The summed E-state index contributed by atoms with van der Waals surface area (Å²) in [4.78, 5) is 39.3. The number of carbonyl (C=O) groups excluding carboxylic acids is 2. The molecule has 0 aliphatic carbocycles. The molecule has 4 rings (SSSR count). The fraction of sp³-hybridized carbons (Fsp3) is 0.261. The highest BCUT2D eigenvalue weighted by molar-refractivity contribution is 8.05. The van der Waals surface area contributed by atoms with E-state index >= 15 is 0 Å². The molecule has 33 heavy (non-hydrogen) atoms. The SMILES string of the molecule is N#Cc1ccc(SC2(C(=O)O)CS[C@@H]3[C@H](NC(=O)Cc4ccccc4)C(=O)N3C2)c(C#N)c1. The van der Waals surface area contributed by atoms with Gasteiger partial charge in [0.2, 0.25) is 11.8 Å². The van der Waals surface area contributed by atoms with Crippen LogP contribution < -0.4 is 5.32 Å². The second-order valence-electron chi connectivity index (χ2n) is 7.71. The van der Waals surface area contributed by atoms with Crippen LogP contribution in [0.3, 0.4) is 0 Å². The highest BCUT2D eigenvalue weighted by atomic mass is 32.2. The quantitative estimate of drug-likeness (QED) is 0.602. The Bertz CT molecular complexity index is 1210. The van der Waals surface area contributed by atoms with Crippen molar-refractivity contribution in [2.24, 2.45) is 0 Å². The molecule has 2 aliphatic heterocycles. The van der Waals surface area contributed by atoms with Crippen LogP contribution in [-0.4, -0.2) is 56.3 Å². The van der Waals surface area contributed by atoms with E-state index in [4.69, 9.17) is 5.26 Å². The minimum atomic E-state index is -1.35. The Balaban J connectivity index is 1.46. The van der Waals surface area contributed by atoms with Gasteiger partial charge in [0.1, 0.15) is 22.2 Å². The zero-order chi connectivity index (χ0) is 23.6. The number of benzene rings is 2. The maximum atomic E-state index is 12.8. The van der Waals surface area contributed by atoms with Crippen LogP contribution in [0.2, 0.25) is 0 Å². The van der Waals surface area contributed by atoms with E-state index in [1.54, 1.807) is 6.07 Å². The topological polar surface area (TPSA) is 134 Å². The molecule has 0 bridgehead atoms. The van der Waals surface area contributed by atoms with Gasteiger partial charge >= 0.3 is 5.97 Å². The van der Waals surface area contributed by atoms with Crippen molar-refractivity contribution in [3.05, 3.63) is 65.2 Å². The van der Waals surface area contributed by atoms with Crippen LogP contribution >= 0.6 is 23.5 Å². The van der Waals surface area contributed by atoms with Gasteiger partial charge in [-0.2, -0.15) is 10.5 Å². The average Bonchev–Trinajstić information content (AvgIpc) is 2.83. The molecule has 2 aromatic rings. The zero-order valence-corrected chi connectivity index (χ0v) is 18.9. The average molecular weight is 479 g/mol. The molecule has 3 atom stereocenters. The van der Waals surface area contributed by atoms with Crippen LogP contribution in [0.25, 0.3) is 0 Å². The first kappa shape index (κ1) is 22.7. The molecule has 2 N–H and O–H groups in total. The van der Waals surface area contributed by atoms with Gasteiger partial charge in [0.15, 0.2) is 0 Å². The third kappa shape index (κ3) is 4.40. The van der Waals surface area contributed by atoms with Gasteiger partial charge in [-0.3, -0.25) is 14.4 Å². The number of nitrogens with one attached hydrogen (secondary N) is 1. The van der Waals surface area contributed by atoms with Crippen LogP contribution in [0, 0.1) is 22.7 Å². The lowest BCUT2D eigenvalue weighted by Crippen LogP contribution is -2.74. The summed E-state index contributed by atoms with van der Waals surface area (Å²) in [5.41, 5.74) is 1.37. The molecule has 8 nitrogen and oxygen atoms in total. The fourth-order valence-corrected chi connectivity index (χ4v) is 6.67. The van der Waals surface area contributed by atoms with Crippen molar-refractivity contribution in [2.45, 2.75) is 27.5 Å². The number of amides is 2. The van der Waals surface area contributed by atoms with Crippen molar-refractivity contribution in [3.63, 3.8) is 0 Å². The van der Waals surface area contributed by atoms with Crippen LogP contribution in [-0.2, 0) is 20.8 Å². The van der Waals surface area contributed by atoms with Gasteiger partial charge in [-0.15, -0.1) is 23.5 Å². The number of aliphatic carboxylic acids is 1. The predicted octanol–water partition coefficient (Wildman–Crippen LogP) is 1.99. The molecule has 2 heterocycles. The molecular weight excluding hydrogens is 460 g/mol. The second-order valence-corrected chi connectivity index (χ2v) is 10.2. The summed E-state index contributed by atoms with van der Waals surface area (Å²) >= 11 is 2.32. The van der Waals surface area contributed by atoms with Crippen molar-refractivity contribution < 1.29 is 19.5 Å². The van der Waals surface area contributed by atoms with Crippen molar-refractivity contribution in [1.82, 2.24) is 10.2 Å². The Morgan fingerprint density at radius 1 is 1.21 bits per heavy atom. The third-order valence-electron chi connectivity index (χ3n) is 5.50. The van der Waals surface area contributed by atoms with E-state index in [1.807, 2.05) is 42.5 Å². The van der Waals surface area contributed by atoms with Gasteiger partial charge in [-0.25, -0.2) is 0 Å². The molecule has 2 aliphatic rings. The molecule has 0 saturated carbocycles. The number of nitrogens with zero attached hydrogens (tertiary/aromatic N) is 3.